The summed E-state index contributed by atoms with van der Waals surface area (Å²) in [6, 6.07) is 6.02. The summed E-state index contributed by atoms with van der Waals surface area (Å²) in [6.45, 7) is 3.24. The Bertz CT molecular complexity index is 576. The van der Waals surface area contributed by atoms with Gasteiger partial charge in [0.25, 0.3) is 5.91 Å². The molecule has 0 N–H and O–H groups in total. The third-order valence-electron chi connectivity index (χ3n) is 5.45. The van der Waals surface area contributed by atoms with Gasteiger partial charge in [0.2, 0.25) is 0 Å². The maximum atomic E-state index is 12.8. The summed E-state index contributed by atoms with van der Waals surface area (Å²) in [5, 5.41) is 0. The third-order valence-corrected chi connectivity index (χ3v) is 5.45. The predicted octanol–water partition coefficient (Wildman–Crippen LogP) is 1.78. The Morgan fingerprint density at radius 2 is 2.24 bits per heavy atom. The summed E-state index contributed by atoms with van der Waals surface area (Å²) in [5.41, 5.74) is 0.948. The number of ether oxygens (including phenoxy) is 3. The summed E-state index contributed by atoms with van der Waals surface area (Å²) in [7, 11) is 0. The van der Waals surface area contributed by atoms with Crippen LogP contribution in [0.1, 0.15) is 31.4 Å². The van der Waals surface area contributed by atoms with E-state index in [0.717, 1.165) is 31.4 Å². The number of aromatic nitrogens is 1. The van der Waals surface area contributed by atoms with E-state index in [1.807, 2.05) is 23.1 Å². The van der Waals surface area contributed by atoms with Gasteiger partial charge in [0.1, 0.15) is 6.10 Å². The van der Waals surface area contributed by atoms with Crippen LogP contribution in [0.3, 0.4) is 0 Å². The number of rotatable bonds is 5. The second-order valence-corrected chi connectivity index (χ2v) is 7.18. The normalized spacial score (nSPS) is 31.9. The van der Waals surface area contributed by atoms with Crippen molar-refractivity contribution in [2.24, 2.45) is 5.92 Å². The minimum atomic E-state index is -0.238. The second-order valence-electron chi connectivity index (χ2n) is 7.18. The number of carbonyl (C=O) groups is 1. The first-order valence-corrected chi connectivity index (χ1v) is 9.32. The molecule has 3 aliphatic rings. The van der Waals surface area contributed by atoms with Crippen LogP contribution in [0.2, 0.25) is 0 Å². The monoisotopic (exact) mass is 346 g/mol. The largest absolute Gasteiger partial charge is 0.375 e. The molecule has 0 bridgehead atoms. The molecule has 1 amide bonds. The van der Waals surface area contributed by atoms with Crippen molar-refractivity contribution in [2.75, 3.05) is 26.4 Å². The number of carbonyl (C=O) groups excluding carboxylic acids is 1. The third kappa shape index (κ3) is 3.86. The summed E-state index contributed by atoms with van der Waals surface area (Å²) in [4.78, 5) is 19.0. The molecule has 25 heavy (non-hydrogen) atoms. The zero-order valence-corrected chi connectivity index (χ0v) is 14.5. The zero-order valence-electron chi connectivity index (χ0n) is 14.5. The Morgan fingerprint density at radius 1 is 1.28 bits per heavy atom. The molecular formula is C19H26N2O4. The molecule has 3 fully saturated rings. The van der Waals surface area contributed by atoms with Crippen LogP contribution in [0.25, 0.3) is 0 Å². The van der Waals surface area contributed by atoms with Crippen molar-refractivity contribution in [3.63, 3.8) is 0 Å². The van der Waals surface area contributed by atoms with E-state index < -0.39 is 0 Å². The van der Waals surface area contributed by atoms with E-state index in [0.29, 0.717) is 38.9 Å². The molecule has 3 heterocycles. The Hall–Kier alpha value is -1.50. The number of hydrogen-bond acceptors (Lipinski definition) is 5. The zero-order chi connectivity index (χ0) is 17.1. The van der Waals surface area contributed by atoms with E-state index in [1.54, 1.807) is 6.20 Å². The highest BCUT2D eigenvalue weighted by atomic mass is 16.5. The van der Waals surface area contributed by atoms with Crippen molar-refractivity contribution < 1.29 is 19.0 Å². The summed E-state index contributed by atoms with van der Waals surface area (Å²) in [5.74, 6) is 0.586. The first-order valence-electron chi connectivity index (χ1n) is 9.32. The molecule has 1 saturated carbocycles. The predicted molar refractivity (Wildman–Crippen MR) is 90.8 cm³/mol. The highest BCUT2D eigenvalue weighted by Crippen LogP contribution is 2.35. The molecule has 4 atom stereocenters. The van der Waals surface area contributed by atoms with Crippen molar-refractivity contribution in [3.8, 4) is 0 Å². The van der Waals surface area contributed by atoms with Gasteiger partial charge >= 0.3 is 0 Å². The molecule has 1 aromatic heterocycles. The number of pyridine rings is 1. The maximum absolute atomic E-state index is 12.8. The Kier molecular flexibility index (Phi) is 5.29. The molecule has 1 aromatic rings. The molecule has 6 heteroatoms. The lowest BCUT2D eigenvalue weighted by molar-refractivity contribution is -0.153. The Morgan fingerprint density at radius 3 is 3.04 bits per heavy atom. The van der Waals surface area contributed by atoms with Crippen molar-refractivity contribution in [2.45, 2.75) is 50.5 Å². The van der Waals surface area contributed by atoms with Crippen LogP contribution in [0.4, 0.5) is 0 Å². The first kappa shape index (κ1) is 16.9. The summed E-state index contributed by atoms with van der Waals surface area (Å²) >= 11 is 0. The van der Waals surface area contributed by atoms with Gasteiger partial charge in [-0.1, -0.05) is 6.07 Å². The molecule has 6 nitrogen and oxygen atoms in total. The molecule has 4 rings (SSSR count). The number of morpholine rings is 1. The topological polar surface area (TPSA) is 60.9 Å². The molecule has 1 aliphatic carbocycles. The van der Waals surface area contributed by atoms with Gasteiger partial charge in [-0.3, -0.25) is 9.78 Å². The molecule has 2 saturated heterocycles. The van der Waals surface area contributed by atoms with E-state index in [2.05, 4.69) is 4.98 Å². The van der Waals surface area contributed by atoms with E-state index >= 15 is 0 Å². The van der Waals surface area contributed by atoms with Crippen molar-refractivity contribution in [3.05, 3.63) is 30.1 Å². The highest BCUT2D eigenvalue weighted by Gasteiger charge is 2.44. The fourth-order valence-electron chi connectivity index (χ4n) is 4.23. The van der Waals surface area contributed by atoms with Crippen LogP contribution in [-0.4, -0.2) is 60.4 Å². The van der Waals surface area contributed by atoms with Crippen LogP contribution in [0.5, 0.6) is 0 Å². The molecule has 2 aliphatic heterocycles. The fraction of sp³-hybridized carbons (Fsp3) is 0.684. The van der Waals surface area contributed by atoms with Crippen molar-refractivity contribution >= 4 is 5.91 Å². The summed E-state index contributed by atoms with van der Waals surface area (Å²) in [6.07, 6.45) is 5.43. The SMILES string of the molecule is O=C([C@H]1CCCO1)N1CCO[C@@H]2C[C@H](COCc3ccccn3)C[C@@H]21. The quantitative estimate of drug-likeness (QED) is 0.813. The number of fused-ring (bicyclic) bond motifs is 1. The van der Waals surface area contributed by atoms with Crippen LogP contribution < -0.4 is 0 Å². The minimum Gasteiger partial charge on any atom is -0.375 e. The van der Waals surface area contributed by atoms with Gasteiger partial charge in [-0.15, -0.1) is 0 Å². The van der Waals surface area contributed by atoms with E-state index in [9.17, 15) is 4.79 Å². The first-order chi connectivity index (χ1) is 12.3. The van der Waals surface area contributed by atoms with Gasteiger partial charge in [-0.05, 0) is 43.7 Å². The lowest BCUT2D eigenvalue weighted by atomic mass is 10.1. The Labute approximate surface area is 148 Å². The molecule has 0 radical (unpaired) electrons. The molecule has 0 spiro atoms. The number of nitrogens with zero attached hydrogens (tertiary/aromatic N) is 2. The van der Waals surface area contributed by atoms with Gasteiger partial charge in [0, 0.05) is 19.3 Å². The van der Waals surface area contributed by atoms with Gasteiger partial charge in [-0.25, -0.2) is 0 Å². The lowest BCUT2D eigenvalue weighted by Gasteiger charge is -2.38. The van der Waals surface area contributed by atoms with Gasteiger partial charge in [0.15, 0.2) is 0 Å². The average molecular weight is 346 g/mol. The van der Waals surface area contributed by atoms with Crippen LogP contribution in [-0.2, 0) is 25.6 Å². The molecule has 136 valence electrons. The van der Waals surface area contributed by atoms with Crippen molar-refractivity contribution in [1.82, 2.24) is 9.88 Å². The smallest absolute Gasteiger partial charge is 0.252 e. The molecular weight excluding hydrogens is 320 g/mol. The highest BCUT2D eigenvalue weighted by molar-refractivity contribution is 5.81. The number of amides is 1. The van der Waals surface area contributed by atoms with Crippen LogP contribution in [0.15, 0.2) is 24.4 Å². The number of hydrogen-bond donors (Lipinski definition) is 0. The van der Waals surface area contributed by atoms with Crippen LogP contribution >= 0.6 is 0 Å². The Balaban J connectivity index is 1.30. The lowest BCUT2D eigenvalue weighted by Crippen LogP contribution is -2.54. The standard InChI is InChI=1S/C19H26N2O4/c22-19(17-5-3-8-24-17)21-7-9-25-18-11-14(10-16(18)21)12-23-13-15-4-1-2-6-20-15/h1-2,4,6,14,16-18H,3,5,7-13H2/t14-,16+,17-,18-/m1/s1. The van der Waals surface area contributed by atoms with Gasteiger partial charge in [0.05, 0.1) is 37.7 Å². The maximum Gasteiger partial charge on any atom is 0.252 e. The van der Waals surface area contributed by atoms with Gasteiger partial charge < -0.3 is 19.1 Å². The van der Waals surface area contributed by atoms with E-state index in [4.69, 9.17) is 14.2 Å². The van der Waals surface area contributed by atoms with Crippen molar-refractivity contribution in [1.29, 1.82) is 0 Å². The van der Waals surface area contributed by atoms with Gasteiger partial charge in [-0.2, -0.15) is 0 Å². The van der Waals surface area contributed by atoms with Crippen LogP contribution in [0, 0.1) is 5.92 Å². The fourth-order valence-corrected chi connectivity index (χ4v) is 4.23. The minimum absolute atomic E-state index is 0.141. The van der Waals surface area contributed by atoms with E-state index in [1.165, 1.54) is 0 Å². The molecule has 0 aromatic carbocycles. The molecule has 0 unspecified atom stereocenters. The summed E-state index contributed by atoms with van der Waals surface area (Å²) < 4.78 is 17.4. The van der Waals surface area contributed by atoms with E-state index in [-0.39, 0.29) is 24.2 Å². The second kappa shape index (κ2) is 7.81. The average Bonchev–Trinajstić information content (AvgIpc) is 3.31.